The van der Waals surface area contributed by atoms with Gasteiger partial charge in [-0.1, -0.05) is 96.1 Å². The third kappa shape index (κ3) is 23.6. The molecular weight excluding hydrogens is 1000 g/mol. The van der Waals surface area contributed by atoms with Gasteiger partial charge in [0.15, 0.2) is 0 Å². The van der Waals surface area contributed by atoms with E-state index >= 15 is 0 Å². The van der Waals surface area contributed by atoms with E-state index in [1.54, 1.807) is 0 Å². The maximum atomic E-state index is 14.3. The van der Waals surface area contributed by atoms with Crippen LogP contribution in [0.3, 0.4) is 0 Å². The maximum Gasteiger partial charge on any atom is 0.245 e. The Labute approximate surface area is 447 Å². The molecule has 2 aliphatic heterocycles. The summed E-state index contributed by atoms with van der Waals surface area (Å²) >= 11 is 0. The second kappa shape index (κ2) is 33.6. The average Bonchev–Trinajstić information content (AvgIpc) is 3.86. The number of phenolic OH excluding ortho intramolecular Hbond substituents is 1. The molecule has 0 radical (unpaired) electrons. The first-order valence-electron chi connectivity index (χ1n) is 26.6. The number of aliphatic hydroxyl groups is 1. The standard InChI is InChI=1S/C51H80N12O14/c1-2-3-4-5-6-7-8-9-10-11-12-13-15-31-25-44(70)57-35(26-41(53)67)46(72)59-34(24-30-17-19-32(65)20-18-30)45(71)60-36(27-42(54)68)47(73)58-33(21-22-40(52)66)51(77)63-23-14-16-39(63)50(76)61-37(28-43(55)69)48(74)62-38(29-64)49(75)56-31/h17-20,31,33-39,64-65H,2-16,21-29H2,1H3,(H2,52,66)(H2,53,67)(H2,54,68)(H2,55,69)(H,56,75)(H,57,70)(H,58,73)(H,59,72)(H,60,71)(H,61,76)(H,62,74)/t31-,33+,34-,35+,36-,37-,38+,39+/m1/s1. The number of rotatable bonds is 25. The average molecular weight is 1090 g/mol. The minimum absolute atomic E-state index is 0.00357. The van der Waals surface area contributed by atoms with Gasteiger partial charge in [0.2, 0.25) is 70.9 Å². The molecule has 17 N–H and O–H groups in total. The summed E-state index contributed by atoms with van der Waals surface area (Å²) < 4.78 is 0. The van der Waals surface area contributed by atoms with Gasteiger partial charge < -0.3 is 75.3 Å². The number of carbonyl (C=O) groups excluding carboxylic acids is 12. The van der Waals surface area contributed by atoms with Crippen molar-refractivity contribution in [2.75, 3.05) is 13.2 Å². The highest BCUT2D eigenvalue weighted by molar-refractivity contribution is 6.00. The van der Waals surface area contributed by atoms with Crippen molar-refractivity contribution >= 4 is 70.9 Å². The number of aromatic hydroxyl groups is 1. The van der Waals surface area contributed by atoms with Crippen LogP contribution in [-0.4, -0.2) is 147 Å². The molecule has 2 saturated heterocycles. The number of primary amides is 4. The number of aliphatic hydroxyl groups excluding tert-OH is 1. The molecule has 26 nitrogen and oxygen atoms in total. The minimum atomic E-state index is -1.86. The number of benzene rings is 1. The summed E-state index contributed by atoms with van der Waals surface area (Å²) in [4.78, 5) is 162. The molecular formula is C51H80N12O14. The van der Waals surface area contributed by atoms with Gasteiger partial charge in [0.05, 0.1) is 25.9 Å². The Morgan fingerprint density at radius 3 is 1.48 bits per heavy atom. The third-order valence-corrected chi connectivity index (χ3v) is 13.3. The van der Waals surface area contributed by atoms with Gasteiger partial charge in [-0.25, -0.2) is 0 Å². The second-order valence-corrected chi connectivity index (χ2v) is 19.8. The van der Waals surface area contributed by atoms with Crippen LogP contribution >= 0.6 is 0 Å². The number of carbonyl (C=O) groups is 12. The Morgan fingerprint density at radius 2 is 0.974 bits per heavy atom. The summed E-state index contributed by atoms with van der Waals surface area (Å²) in [5.41, 5.74) is 22.2. The maximum absolute atomic E-state index is 14.3. The number of fused-ring (bicyclic) bond motifs is 1. The van der Waals surface area contributed by atoms with E-state index in [-0.39, 0.29) is 38.0 Å². The molecule has 26 heteroatoms. The van der Waals surface area contributed by atoms with Crippen molar-refractivity contribution in [1.29, 1.82) is 0 Å². The summed E-state index contributed by atoms with van der Waals surface area (Å²) in [6.45, 7) is 1.08. The number of hydrogen-bond acceptors (Lipinski definition) is 14. The van der Waals surface area contributed by atoms with Gasteiger partial charge in [-0.2, -0.15) is 0 Å². The predicted molar refractivity (Wildman–Crippen MR) is 277 cm³/mol. The van der Waals surface area contributed by atoms with Crippen molar-refractivity contribution in [2.45, 2.75) is 197 Å². The van der Waals surface area contributed by atoms with Crippen molar-refractivity contribution in [2.24, 2.45) is 22.9 Å². The zero-order valence-electron chi connectivity index (χ0n) is 43.9. The van der Waals surface area contributed by atoms with E-state index in [4.69, 9.17) is 22.9 Å². The molecule has 2 aliphatic rings. The Kier molecular flexibility index (Phi) is 27.9. The zero-order chi connectivity index (χ0) is 57.0. The Hall–Kier alpha value is -7.38. The monoisotopic (exact) mass is 1080 g/mol. The third-order valence-electron chi connectivity index (χ3n) is 13.3. The zero-order valence-corrected chi connectivity index (χ0v) is 43.9. The lowest BCUT2D eigenvalue weighted by Gasteiger charge is -2.31. The molecule has 3 rings (SSSR count). The Bertz CT molecular complexity index is 2210. The molecule has 0 unspecified atom stereocenters. The lowest BCUT2D eigenvalue weighted by molar-refractivity contribution is -0.143. The number of nitrogens with zero attached hydrogens (tertiary/aromatic N) is 1. The molecule has 0 bridgehead atoms. The summed E-state index contributed by atoms with van der Waals surface area (Å²) in [5.74, 6) is -12.6. The van der Waals surface area contributed by atoms with Gasteiger partial charge in [-0.15, -0.1) is 0 Å². The van der Waals surface area contributed by atoms with E-state index in [1.807, 2.05) is 0 Å². The summed E-state index contributed by atoms with van der Waals surface area (Å²) in [6.07, 6.45) is 8.40. The summed E-state index contributed by atoms with van der Waals surface area (Å²) in [7, 11) is 0. The molecule has 1 aromatic carbocycles. The van der Waals surface area contributed by atoms with E-state index in [9.17, 15) is 67.7 Å². The predicted octanol–water partition coefficient (Wildman–Crippen LogP) is -2.30. The summed E-state index contributed by atoms with van der Waals surface area (Å²) in [5, 5.41) is 37.3. The van der Waals surface area contributed by atoms with Crippen LogP contribution in [0.25, 0.3) is 0 Å². The van der Waals surface area contributed by atoms with Crippen LogP contribution in [0.2, 0.25) is 0 Å². The smallest absolute Gasteiger partial charge is 0.245 e. The van der Waals surface area contributed by atoms with Crippen molar-refractivity contribution in [3.63, 3.8) is 0 Å². The molecule has 428 valence electrons. The Balaban J connectivity index is 2.08. The fraction of sp³-hybridized carbons (Fsp3) is 0.647. The molecule has 2 fully saturated rings. The number of amides is 12. The molecule has 0 saturated carbocycles. The van der Waals surface area contributed by atoms with Crippen molar-refractivity contribution in [1.82, 2.24) is 42.1 Å². The van der Waals surface area contributed by atoms with Crippen molar-refractivity contribution < 1.29 is 67.7 Å². The minimum Gasteiger partial charge on any atom is -0.508 e. The molecule has 77 heavy (non-hydrogen) atoms. The van der Waals surface area contributed by atoms with Crippen LogP contribution in [-0.2, 0) is 64.0 Å². The van der Waals surface area contributed by atoms with Gasteiger partial charge >= 0.3 is 0 Å². The van der Waals surface area contributed by atoms with Gasteiger partial charge in [-0.3, -0.25) is 57.5 Å². The molecule has 12 amide bonds. The highest BCUT2D eigenvalue weighted by Crippen LogP contribution is 2.21. The lowest BCUT2D eigenvalue weighted by Crippen LogP contribution is -2.60. The van der Waals surface area contributed by atoms with Gasteiger partial charge in [-0.05, 0) is 43.4 Å². The van der Waals surface area contributed by atoms with Gasteiger partial charge in [0, 0.05) is 31.8 Å². The lowest BCUT2D eigenvalue weighted by atomic mass is 10.0. The highest BCUT2D eigenvalue weighted by Gasteiger charge is 2.41. The first kappa shape index (κ1) is 63.9. The normalized spacial score (nSPS) is 23.6. The largest absolute Gasteiger partial charge is 0.508 e. The molecule has 0 aromatic heterocycles. The number of hydrogen-bond donors (Lipinski definition) is 13. The number of nitrogens with one attached hydrogen (secondary N) is 7. The van der Waals surface area contributed by atoms with Crippen LogP contribution in [0.1, 0.15) is 147 Å². The van der Waals surface area contributed by atoms with Crippen LogP contribution in [0, 0.1) is 0 Å². The number of phenols is 1. The van der Waals surface area contributed by atoms with E-state index in [0.29, 0.717) is 18.4 Å². The van der Waals surface area contributed by atoms with E-state index in [1.165, 1.54) is 56.4 Å². The molecule has 8 atom stereocenters. The number of unbranched alkanes of at least 4 members (excludes halogenated alkanes) is 11. The fourth-order valence-electron chi connectivity index (χ4n) is 9.14. The van der Waals surface area contributed by atoms with Crippen LogP contribution < -0.4 is 60.2 Å². The first-order chi connectivity index (χ1) is 36.6. The van der Waals surface area contributed by atoms with Gasteiger partial charge in [0.25, 0.3) is 0 Å². The fourth-order valence-corrected chi connectivity index (χ4v) is 9.14. The summed E-state index contributed by atoms with van der Waals surface area (Å²) in [6, 6.07) is -7.34. The topological polar surface area (TPSA) is 437 Å². The van der Waals surface area contributed by atoms with Crippen LogP contribution in [0.5, 0.6) is 5.75 Å². The van der Waals surface area contributed by atoms with Crippen LogP contribution in [0.4, 0.5) is 0 Å². The second-order valence-electron chi connectivity index (χ2n) is 19.8. The Morgan fingerprint density at radius 1 is 0.532 bits per heavy atom. The van der Waals surface area contributed by atoms with E-state index in [2.05, 4.69) is 44.1 Å². The van der Waals surface area contributed by atoms with Gasteiger partial charge in [0.1, 0.15) is 48.0 Å². The quantitative estimate of drug-likeness (QED) is 0.0459. The van der Waals surface area contributed by atoms with E-state index in [0.717, 1.165) is 37.0 Å². The molecule has 0 aliphatic carbocycles. The molecule has 0 spiro atoms. The van der Waals surface area contributed by atoms with Crippen LogP contribution in [0.15, 0.2) is 24.3 Å². The van der Waals surface area contributed by atoms with E-state index < -0.39 is 164 Å². The van der Waals surface area contributed by atoms with Crippen molar-refractivity contribution in [3.05, 3.63) is 29.8 Å². The van der Waals surface area contributed by atoms with Crippen molar-refractivity contribution in [3.8, 4) is 5.75 Å². The first-order valence-corrected chi connectivity index (χ1v) is 26.6. The highest BCUT2D eigenvalue weighted by atomic mass is 16.3. The molecule has 1 aromatic rings. The SMILES string of the molecule is CCCCCCCCCCCCCC[C@@H]1CC(=O)N[C@@H](CC(N)=O)C(=O)N[C@H](Cc2ccc(O)cc2)C(=O)N[C@H](CC(N)=O)C(=O)N[C@@H](CCC(N)=O)C(=O)N2CCC[C@H]2C(=O)N[C@H](CC(N)=O)C(=O)N[C@@H](CO)C(=O)N1. The molecule has 2 heterocycles. The number of nitrogens with two attached hydrogens (primary N) is 4.